The van der Waals surface area contributed by atoms with E-state index in [1.807, 2.05) is 62.4 Å². The molecule has 3 rings (SSSR count). The lowest BCUT2D eigenvalue weighted by atomic mass is 10.1. The largest absolute Gasteiger partial charge is 0.489 e. The lowest BCUT2D eigenvalue weighted by Crippen LogP contribution is -1.98. The van der Waals surface area contributed by atoms with Crippen molar-refractivity contribution >= 4 is 11.1 Å². The summed E-state index contributed by atoms with van der Waals surface area (Å²) in [5, 5.41) is 0. The van der Waals surface area contributed by atoms with Crippen LogP contribution in [0.3, 0.4) is 0 Å². The zero-order chi connectivity index (χ0) is 19.9. The Morgan fingerprint density at radius 2 is 0.893 bits per heavy atom. The van der Waals surface area contributed by atoms with Gasteiger partial charge in [-0.1, -0.05) is 72.8 Å². The first-order valence-electron chi connectivity index (χ1n) is 9.36. The second-order valence-electron chi connectivity index (χ2n) is 7.00. The van der Waals surface area contributed by atoms with Crippen molar-refractivity contribution in [2.24, 2.45) is 0 Å². The minimum atomic E-state index is 0.538. The predicted molar refractivity (Wildman–Crippen MR) is 117 cm³/mol. The zero-order valence-electron chi connectivity index (χ0n) is 16.6. The van der Waals surface area contributed by atoms with Crippen LogP contribution in [0, 0.1) is 0 Å². The molecule has 0 bridgehead atoms. The molecule has 0 atom stereocenters. The fourth-order valence-corrected chi connectivity index (χ4v) is 2.74. The zero-order valence-corrected chi connectivity index (χ0v) is 16.6. The second-order valence-corrected chi connectivity index (χ2v) is 7.00. The Labute approximate surface area is 167 Å². The molecule has 0 unspecified atom stereocenters. The molecule has 0 aliphatic carbocycles. The van der Waals surface area contributed by atoms with Crippen LogP contribution in [0.5, 0.6) is 11.5 Å². The molecule has 0 heterocycles. The van der Waals surface area contributed by atoms with Gasteiger partial charge in [0.05, 0.1) is 0 Å². The van der Waals surface area contributed by atoms with Crippen LogP contribution in [0.1, 0.15) is 36.1 Å². The van der Waals surface area contributed by atoms with Crippen LogP contribution < -0.4 is 9.47 Å². The van der Waals surface area contributed by atoms with Crippen molar-refractivity contribution in [1.82, 2.24) is 0 Å². The summed E-state index contributed by atoms with van der Waals surface area (Å²) in [7, 11) is 0. The maximum Gasteiger partial charge on any atom is 0.119 e. The first-order chi connectivity index (χ1) is 13.5. The lowest BCUT2D eigenvalue weighted by molar-refractivity contribution is 0.302. The quantitative estimate of drug-likeness (QED) is 0.429. The molecule has 0 spiro atoms. The van der Waals surface area contributed by atoms with Gasteiger partial charge in [-0.25, -0.2) is 0 Å². The summed E-state index contributed by atoms with van der Waals surface area (Å²) in [6, 6.07) is 24.3. The lowest BCUT2D eigenvalue weighted by Gasteiger charge is -2.10. The summed E-state index contributed by atoms with van der Waals surface area (Å²) in [5.41, 5.74) is 6.61. The molecule has 2 nitrogen and oxygen atoms in total. The van der Waals surface area contributed by atoms with E-state index in [9.17, 15) is 0 Å². The van der Waals surface area contributed by atoms with Crippen LogP contribution in [-0.4, -0.2) is 0 Å². The smallest absolute Gasteiger partial charge is 0.119 e. The van der Waals surface area contributed by atoms with Crippen LogP contribution in [0.25, 0.3) is 11.1 Å². The molecule has 142 valence electrons. The summed E-state index contributed by atoms with van der Waals surface area (Å²) in [4.78, 5) is 0. The highest BCUT2D eigenvalue weighted by Crippen LogP contribution is 2.20. The number of hydrogen-bond donors (Lipinski definition) is 0. The van der Waals surface area contributed by atoms with Gasteiger partial charge < -0.3 is 9.47 Å². The van der Waals surface area contributed by atoms with E-state index in [1.165, 1.54) is 0 Å². The number of benzene rings is 3. The van der Waals surface area contributed by atoms with Crippen LogP contribution in [0.2, 0.25) is 0 Å². The van der Waals surface area contributed by atoms with E-state index < -0.39 is 0 Å². The van der Waals surface area contributed by atoms with E-state index in [1.54, 1.807) is 0 Å². The number of allylic oxidation sites excluding steroid dienone is 2. The average molecular weight is 370 g/mol. The predicted octanol–water partition coefficient (Wildman–Crippen LogP) is 6.91. The summed E-state index contributed by atoms with van der Waals surface area (Å²) < 4.78 is 11.7. The van der Waals surface area contributed by atoms with Crippen molar-refractivity contribution in [2.45, 2.75) is 27.1 Å². The van der Waals surface area contributed by atoms with Crippen molar-refractivity contribution in [3.05, 3.63) is 108 Å². The minimum Gasteiger partial charge on any atom is -0.489 e. The number of ether oxygens (including phenoxy) is 2. The third kappa shape index (κ3) is 5.37. The Bertz CT molecular complexity index is 853. The summed E-state index contributed by atoms with van der Waals surface area (Å²) in [6.07, 6.45) is 0. The van der Waals surface area contributed by atoms with Crippen LogP contribution >= 0.6 is 0 Å². The molecule has 28 heavy (non-hydrogen) atoms. The minimum absolute atomic E-state index is 0.538. The molecular formula is C26H26O2. The van der Waals surface area contributed by atoms with Gasteiger partial charge in [-0.3, -0.25) is 0 Å². The molecule has 0 aliphatic rings. The van der Waals surface area contributed by atoms with Gasteiger partial charge in [0, 0.05) is 0 Å². The molecule has 3 aromatic carbocycles. The standard InChI is InChI=1S/C26H26O2/c1-19(2)23-9-13-25(14-10-23)27-17-21-5-7-22(8-6-21)18-28-26-15-11-24(12-16-26)20(3)4/h5-16H,1,3,17-18H2,2,4H3. The fourth-order valence-electron chi connectivity index (χ4n) is 2.74. The molecule has 0 saturated carbocycles. The Hall–Kier alpha value is -3.26. The molecular weight excluding hydrogens is 344 g/mol. The fraction of sp³-hybridized carbons (Fsp3) is 0.154. The SMILES string of the molecule is C=C(C)c1ccc(OCc2ccc(COc3ccc(C(=C)C)cc3)cc2)cc1. The van der Waals surface area contributed by atoms with Gasteiger partial charge in [0.1, 0.15) is 24.7 Å². The van der Waals surface area contributed by atoms with Gasteiger partial charge in [0.2, 0.25) is 0 Å². The molecule has 0 saturated heterocycles. The van der Waals surface area contributed by atoms with Crippen LogP contribution in [0.4, 0.5) is 0 Å². The van der Waals surface area contributed by atoms with Crippen molar-refractivity contribution in [3.8, 4) is 11.5 Å². The maximum atomic E-state index is 5.86. The normalized spacial score (nSPS) is 10.4. The van der Waals surface area contributed by atoms with E-state index in [0.717, 1.165) is 44.9 Å². The molecule has 0 aliphatic heterocycles. The molecule has 0 radical (unpaired) electrons. The average Bonchev–Trinajstić information content (AvgIpc) is 2.72. The Kier molecular flexibility index (Phi) is 6.33. The second kappa shape index (κ2) is 9.09. The molecule has 3 aromatic rings. The van der Waals surface area contributed by atoms with Gasteiger partial charge in [-0.05, 0) is 60.4 Å². The van der Waals surface area contributed by atoms with E-state index in [4.69, 9.17) is 9.47 Å². The van der Waals surface area contributed by atoms with Gasteiger partial charge in [0.25, 0.3) is 0 Å². The van der Waals surface area contributed by atoms with Gasteiger partial charge >= 0.3 is 0 Å². The highest BCUT2D eigenvalue weighted by Gasteiger charge is 2.01. The molecule has 0 amide bonds. The van der Waals surface area contributed by atoms with E-state index in [0.29, 0.717) is 13.2 Å². The third-order valence-corrected chi connectivity index (χ3v) is 4.53. The van der Waals surface area contributed by atoms with E-state index in [-0.39, 0.29) is 0 Å². The monoisotopic (exact) mass is 370 g/mol. The highest BCUT2D eigenvalue weighted by molar-refractivity contribution is 5.62. The Balaban J connectivity index is 1.50. The summed E-state index contributed by atoms with van der Waals surface area (Å²) in [5.74, 6) is 1.71. The molecule has 0 N–H and O–H groups in total. The third-order valence-electron chi connectivity index (χ3n) is 4.53. The highest BCUT2D eigenvalue weighted by atomic mass is 16.5. The number of rotatable bonds is 8. The van der Waals surface area contributed by atoms with Crippen LogP contribution in [0.15, 0.2) is 86.0 Å². The van der Waals surface area contributed by atoms with E-state index >= 15 is 0 Å². The molecule has 0 fully saturated rings. The topological polar surface area (TPSA) is 18.5 Å². The maximum absolute atomic E-state index is 5.86. The van der Waals surface area contributed by atoms with Crippen molar-refractivity contribution in [3.63, 3.8) is 0 Å². The van der Waals surface area contributed by atoms with Crippen molar-refractivity contribution in [2.75, 3.05) is 0 Å². The van der Waals surface area contributed by atoms with Crippen LogP contribution in [-0.2, 0) is 13.2 Å². The van der Waals surface area contributed by atoms with E-state index in [2.05, 4.69) is 37.4 Å². The number of hydrogen-bond acceptors (Lipinski definition) is 2. The summed E-state index contributed by atoms with van der Waals surface area (Å²) >= 11 is 0. The van der Waals surface area contributed by atoms with Crippen molar-refractivity contribution < 1.29 is 9.47 Å². The first-order valence-corrected chi connectivity index (χ1v) is 9.36. The Morgan fingerprint density at radius 1 is 0.571 bits per heavy atom. The molecule has 0 aromatic heterocycles. The van der Waals surface area contributed by atoms with Gasteiger partial charge in [0.15, 0.2) is 0 Å². The van der Waals surface area contributed by atoms with Crippen molar-refractivity contribution in [1.29, 1.82) is 0 Å². The Morgan fingerprint density at radius 3 is 1.18 bits per heavy atom. The molecule has 2 heteroatoms. The first kappa shape index (κ1) is 19.5. The summed E-state index contributed by atoms with van der Waals surface area (Å²) in [6.45, 7) is 13.0. The van der Waals surface area contributed by atoms with Gasteiger partial charge in [-0.2, -0.15) is 0 Å². The van der Waals surface area contributed by atoms with Gasteiger partial charge in [-0.15, -0.1) is 0 Å².